The highest BCUT2D eigenvalue weighted by atomic mass is 19.1. The number of nitrogens with one attached hydrogen (secondary N) is 1. The number of nitrogens with zero attached hydrogens (tertiary/aromatic N) is 1. The second-order valence-electron chi connectivity index (χ2n) is 9.70. The number of hydrogen-bond donors (Lipinski definition) is 1. The summed E-state index contributed by atoms with van der Waals surface area (Å²) in [7, 11) is 0. The lowest BCUT2D eigenvalue weighted by atomic mass is 9.87. The van der Waals surface area contributed by atoms with E-state index in [0.29, 0.717) is 25.3 Å². The zero-order valence-corrected chi connectivity index (χ0v) is 19.7. The minimum atomic E-state index is -1.29. The Balaban J connectivity index is 1.76. The molecule has 0 saturated carbocycles. The van der Waals surface area contributed by atoms with Gasteiger partial charge in [-0.1, -0.05) is 51.1 Å². The number of hydrogen-bond acceptors (Lipinski definition) is 3. The van der Waals surface area contributed by atoms with Crippen LogP contribution in [0.15, 0.2) is 42.5 Å². The van der Waals surface area contributed by atoms with Gasteiger partial charge < -0.3 is 10.2 Å². The summed E-state index contributed by atoms with van der Waals surface area (Å²) in [5.41, 5.74) is 2.19. The van der Waals surface area contributed by atoms with E-state index in [0.717, 1.165) is 17.2 Å². The van der Waals surface area contributed by atoms with Crippen LogP contribution in [0.25, 0.3) is 0 Å². The van der Waals surface area contributed by atoms with E-state index >= 15 is 0 Å². The van der Waals surface area contributed by atoms with Gasteiger partial charge in [0.25, 0.3) is 0 Å². The van der Waals surface area contributed by atoms with Crippen molar-refractivity contribution in [1.82, 2.24) is 10.2 Å². The highest BCUT2D eigenvalue weighted by molar-refractivity contribution is 6.00. The van der Waals surface area contributed by atoms with Crippen LogP contribution in [0.3, 0.4) is 0 Å². The molecular weight excluding hydrogens is 438 g/mol. The fraction of sp³-hybridized carbons (Fsp3) is 0.444. The molecule has 2 amide bonds. The van der Waals surface area contributed by atoms with Gasteiger partial charge in [0.2, 0.25) is 11.8 Å². The van der Waals surface area contributed by atoms with Gasteiger partial charge in [0.05, 0.1) is 0 Å². The summed E-state index contributed by atoms with van der Waals surface area (Å²) in [6, 6.07) is 7.88. The fourth-order valence-corrected chi connectivity index (χ4v) is 5.27. The number of halogens is 2. The number of carbonyl (C=O) groups excluding carboxylic acids is 3. The van der Waals surface area contributed by atoms with Crippen molar-refractivity contribution in [2.45, 2.75) is 64.6 Å². The lowest BCUT2D eigenvalue weighted by molar-refractivity contribution is -0.157. The molecule has 180 valence electrons. The van der Waals surface area contributed by atoms with Crippen molar-refractivity contribution in [3.8, 4) is 0 Å². The van der Waals surface area contributed by atoms with E-state index in [-0.39, 0.29) is 29.7 Å². The van der Waals surface area contributed by atoms with Crippen LogP contribution in [0.1, 0.15) is 56.3 Å². The van der Waals surface area contributed by atoms with Gasteiger partial charge in [-0.2, -0.15) is 0 Å². The molecule has 0 radical (unpaired) electrons. The molecule has 1 heterocycles. The Labute approximate surface area is 198 Å². The monoisotopic (exact) mass is 468 g/mol. The molecule has 1 aliphatic heterocycles. The molecule has 0 aromatic heterocycles. The zero-order valence-electron chi connectivity index (χ0n) is 19.7. The van der Waals surface area contributed by atoms with Gasteiger partial charge >= 0.3 is 0 Å². The van der Waals surface area contributed by atoms with Gasteiger partial charge in [0, 0.05) is 18.1 Å². The van der Waals surface area contributed by atoms with Crippen LogP contribution in [-0.2, 0) is 27.2 Å². The number of carbonyl (C=O) groups is 3. The smallest absolute Gasteiger partial charge is 0.247 e. The Morgan fingerprint density at radius 2 is 1.74 bits per heavy atom. The molecule has 0 spiro atoms. The number of Topliss-reactive ketones (excluding diaryl/α,β-unsaturated/α-hetero) is 1. The minimum Gasteiger partial charge on any atom is -0.342 e. The van der Waals surface area contributed by atoms with Crippen LogP contribution in [0, 0.1) is 23.5 Å². The average Bonchev–Trinajstić information content (AvgIpc) is 3.22. The van der Waals surface area contributed by atoms with Gasteiger partial charge in [-0.25, -0.2) is 8.78 Å². The molecule has 0 bridgehead atoms. The van der Waals surface area contributed by atoms with Crippen LogP contribution < -0.4 is 5.32 Å². The number of piperazine rings is 1. The second kappa shape index (κ2) is 9.65. The maximum absolute atomic E-state index is 14.9. The largest absolute Gasteiger partial charge is 0.342 e. The number of amides is 2. The van der Waals surface area contributed by atoms with E-state index in [1.165, 1.54) is 11.0 Å². The molecule has 7 heteroatoms. The van der Waals surface area contributed by atoms with Gasteiger partial charge in [0.1, 0.15) is 29.8 Å². The second-order valence-corrected chi connectivity index (χ2v) is 9.70. The molecule has 2 aliphatic rings. The summed E-state index contributed by atoms with van der Waals surface area (Å²) in [6.07, 6.45) is 1.63. The van der Waals surface area contributed by atoms with Crippen molar-refractivity contribution in [2.75, 3.05) is 0 Å². The number of benzene rings is 2. The lowest BCUT2D eigenvalue weighted by Crippen LogP contribution is -2.66. The molecule has 5 nitrogen and oxygen atoms in total. The predicted octanol–water partition coefficient (Wildman–Crippen LogP) is 4.14. The third kappa shape index (κ3) is 4.48. The summed E-state index contributed by atoms with van der Waals surface area (Å²) in [6.45, 7) is 5.48. The molecule has 1 fully saturated rings. The standard InChI is InChI=1S/C27H30F2N2O3/c1-4-23(32)25(20-10-9-19(28)14-21(20)29)31-22(11-15(2)3)26(33)30-24(27(31)34)18-12-16-7-5-6-8-17(16)13-18/h5-10,14-15,18,22,24-25H,4,11-13H2,1-3H3,(H,30,33)/t22-,24-,25-/m1/s1. The number of rotatable bonds is 7. The molecule has 2 aromatic rings. The summed E-state index contributed by atoms with van der Waals surface area (Å²) >= 11 is 0. The highest BCUT2D eigenvalue weighted by Crippen LogP contribution is 2.36. The molecule has 1 saturated heterocycles. The van der Waals surface area contributed by atoms with Crippen molar-refractivity contribution in [3.05, 3.63) is 70.8 Å². The molecule has 3 atom stereocenters. The first-order valence-electron chi connectivity index (χ1n) is 11.9. The van der Waals surface area contributed by atoms with Crippen LogP contribution >= 0.6 is 0 Å². The molecular formula is C27H30F2N2O3. The van der Waals surface area contributed by atoms with Gasteiger partial charge in [-0.3, -0.25) is 14.4 Å². The van der Waals surface area contributed by atoms with E-state index in [9.17, 15) is 23.2 Å². The van der Waals surface area contributed by atoms with E-state index in [1.807, 2.05) is 38.1 Å². The van der Waals surface area contributed by atoms with E-state index in [2.05, 4.69) is 5.32 Å². The van der Waals surface area contributed by atoms with E-state index in [1.54, 1.807) is 6.92 Å². The van der Waals surface area contributed by atoms with Crippen molar-refractivity contribution < 1.29 is 23.2 Å². The van der Waals surface area contributed by atoms with Gasteiger partial charge in [0.15, 0.2) is 5.78 Å². The Bertz CT molecular complexity index is 1090. The lowest BCUT2D eigenvalue weighted by Gasteiger charge is -2.45. The topological polar surface area (TPSA) is 66.5 Å². The van der Waals surface area contributed by atoms with Crippen LogP contribution in [0.2, 0.25) is 0 Å². The zero-order chi connectivity index (χ0) is 24.6. The maximum Gasteiger partial charge on any atom is 0.247 e. The van der Waals surface area contributed by atoms with E-state index in [4.69, 9.17) is 0 Å². The average molecular weight is 469 g/mol. The Hall–Kier alpha value is -3.09. The van der Waals surface area contributed by atoms with Crippen molar-refractivity contribution >= 4 is 17.6 Å². The number of ketones is 1. The summed E-state index contributed by atoms with van der Waals surface area (Å²) < 4.78 is 28.6. The SMILES string of the molecule is CCC(=O)[C@@H](c1ccc(F)cc1F)N1C(=O)[C@@H](C2Cc3ccccc3C2)NC(=O)[C@H]1CC(C)C. The summed E-state index contributed by atoms with van der Waals surface area (Å²) in [5, 5.41) is 2.92. The van der Waals surface area contributed by atoms with Crippen molar-refractivity contribution in [3.63, 3.8) is 0 Å². The first-order valence-corrected chi connectivity index (χ1v) is 11.9. The van der Waals surface area contributed by atoms with E-state index < -0.39 is 41.5 Å². The van der Waals surface area contributed by atoms with Crippen LogP contribution in [0.5, 0.6) is 0 Å². The van der Waals surface area contributed by atoms with Crippen LogP contribution in [-0.4, -0.2) is 34.6 Å². The molecule has 34 heavy (non-hydrogen) atoms. The predicted molar refractivity (Wildman–Crippen MR) is 124 cm³/mol. The van der Waals surface area contributed by atoms with Gasteiger partial charge in [-0.05, 0) is 48.3 Å². The maximum atomic E-state index is 14.9. The minimum absolute atomic E-state index is 0.0425. The quantitative estimate of drug-likeness (QED) is 0.664. The normalized spacial score (nSPS) is 21.5. The first-order chi connectivity index (χ1) is 16.2. The summed E-state index contributed by atoms with van der Waals surface area (Å²) in [5.74, 6) is -2.91. The Morgan fingerprint density at radius 1 is 1.09 bits per heavy atom. The number of fused-ring (bicyclic) bond motifs is 1. The molecule has 1 N–H and O–H groups in total. The van der Waals surface area contributed by atoms with Crippen molar-refractivity contribution in [2.24, 2.45) is 11.8 Å². The molecule has 4 rings (SSSR count). The Kier molecular flexibility index (Phi) is 6.82. The molecule has 1 aliphatic carbocycles. The fourth-order valence-electron chi connectivity index (χ4n) is 5.27. The van der Waals surface area contributed by atoms with Gasteiger partial charge in [-0.15, -0.1) is 0 Å². The summed E-state index contributed by atoms with van der Waals surface area (Å²) in [4.78, 5) is 41.8. The molecule has 0 unspecified atom stereocenters. The third-order valence-corrected chi connectivity index (χ3v) is 6.89. The molecule has 2 aromatic carbocycles. The third-order valence-electron chi connectivity index (χ3n) is 6.89. The Morgan fingerprint density at radius 3 is 2.29 bits per heavy atom. The van der Waals surface area contributed by atoms with Crippen LogP contribution in [0.4, 0.5) is 8.78 Å². The first kappa shape index (κ1) is 24.0. The van der Waals surface area contributed by atoms with Crippen molar-refractivity contribution in [1.29, 1.82) is 0 Å². The highest BCUT2D eigenvalue weighted by Gasteiger charge is 2.49.